The fourth-order valence-electron chi connectivity index (χ4n) is 4.66. The van der Waals surface area contributed by atoms with Crippen LogP contribution in [0.25, 0.3) is 22.2 Å². The molecular formula is C28H38N6O4. The van der Waals surface area contributed by atoms with Gasteiger partial charge in [0.1, 0.15) is 5.82 Å². The summed E-state index contributed by atoms with van der Waals surface area (Å²) >= 11 is 0. The van der Waals surface area contributed by atoms with Gasteiger partial charge in [0.05, 0.1) is 49.3 Å². The summed E-state index contributed by atoms with van der Waals surface area (Å²) < 4.78 is 11.0. The summed E-state index contributed by atoms with van der Waals surface area (Å²) in [5.74, 6) is 1.25. The molecule has 4 rings (SSSR count). The van der Waals surface area contributed by atoms with E-state index in [2.05, 4.69) is 30.5 Å². The molecule has 0 aliphatic carbocycles. The summed E-state index contributed by atoms with van der Waals surface area (Å²) in [6, 6.07) is 9.66. The fraction of sp³-hybridized carbons (Fsp3) is 0.500. The van der Waals surface area contributed by atoms with E-state index in [1.54, 1.807) is 20.4 Å². The van der Waals surface area contributed by atoms with Gasteiger partial charge in [0.15, 0.2) is 0 Å². The van der Waals surface area contributed by atoms with Crippen LogP contribution >= 0.6 is 0 Å². The van der Waals surface area contributed by atoms with E-state index >= 15 is 0 Å². The summed E-state index contributed by atoms with van der Waals surface area (Å²) in [6.07, 6.45) is 5.97. The third-order valence-electron chi connectivity index (χ3n) is 6.87. The zero-order valence-electron chi connectivity index (χ0n) is 22.3. The lowest BCUT2D eigenvalue weighted by atomic mass is 10.1. The van der Waals surface area contributed by atoms with E-state index in [0.29, 0.717) is 44.3 Å². The predicted octanol–water partition coefficient (Wildman–Crippen LogP) is 3.21. The van der Waals surface area contributed by atoms with E-state index in [1.165, 1.54) is 0 Å². The number of pyridine rings is 1. The number of benzene rings is 1. The van der Waals surface area contributed by atoms with Crippen molar-refractivity contribution in [1.29, 1.82) is 0 Å². The smallest absolute Gasteiger partial charge is 0.223 e. The number of methoxy groups -OCH3 is 1. The lowest BCUT2D eigenvalue weighted by molar-refractivity contribution is -0.122. The third kappa shape index (κ3) is 7.52. The first kappa shape index (κ1) is 27.5. The van der Waals surface area contributed by atoms with Crippen LogP contribution in [0.15, 0.2) is 36.5 Å². The largest absolute Gasteiger partial charge is 0.480 e. The van der Waals surface area contributed by atoms with Crippen LogP contribution in [0.3, 0.4) is 0 Å². The number of H-pyrrole nitrogens is 1. The highest BCUT2D eigenvalue weighted by Crippen LogP contribution is 2.31. The molecule has 1 aliphatic rings. The Hall–Kier alpha value is -3.50. The van der Waals surface area contributed by atoms with E-state index in [9.17, 15) is 9.59 Å². The van der Waals surface area contributed by atoms with Gasteiger partial charge in [0.25, 0.3) is 0 Å². The van der Waals surface area contributed by atoms with Gasteiger partial charge in [0.2, 0.25) is 17.7 Å². The number of hydrogen-bond acceptors (Lipinski definition) is 7. The van der Waals surface area contributed by atoms with Gasteiger partial charge in [-0.3, -0.25) is 14.5 Å². The minimum Gasteiger partial charge on any atom is -0.480 e. The van der Waals surface area contributed by atoms with Gasteiger partial charge >= 0.3 is 0 Å². The first-order chi connectivity index (χ1) is 18.6. The molecule has 1 aromatic carbocycles. The van der Waals surface area contributed by atoms with Crippen LogP contribution in [-0.2, 0) is 14.3 Å². The van der Waals surface area contributed by atoms with E-state index in [-0.39, 0.29) is 17.9 Å². The molecule has 0 unspecified atom stereocenters. The first-order valence-electron chi connectivity index (χ1n) is 13.4. The van der Waals surface area contributed by atoms with Gasteiger partial charge in [-0.25, -0.2) is 9.97 Å². The quantitative estimate of drug-likeness (QED) is 0.295. The monoisotopic (exact) mass is 522 g/mol. The van der Waals surface area contributed by atoms with Gasteiger partial charge in [-0.2, -0.15) is 0 Å². The summed E-state index contributed by atoms with van der Waals surface area (Å²) in [7, 11) is 3.26. The number of para-hydroxylation sites is 1. The van der Waals surface area contributed by atoms with Crippen molar-refractivity contribution in [3.05, 3.63) is 42.4 Å². The Morgan fingerprint density at radius 1 is 1.13 bits per heavy atom. The number of nitrogens with one attached hydrogen (secondary N) is 3. The standard InChI is InChI=1S/C28H38N6O4/c1-29-25(35)11-5-3-4-10-23(31-26(36)12-13-34-14-16-38-17-15-34)27-30-19-24(32-27)21-18-20-8-6-7-9-22(20)33-28(21)37-2/h6-9,18-19,23H,3-5,10-17H2,1-2H3,(H,29,35)(H,30,32)(H,31,36)/t23-/m0/s1. The Morgan fingerprint density at radius 3 is 2.74 bits per heavy atom. The number of imidazole rings is 1. The number of rotatable bonds is 13. The second-order valence-electron chi connectivity index (χ2n) is 9.52. The number of unbranched alkanes of at least 4 members (excludes halogenated alkanes) is 2. The molecule has 2 aromatic heterocycles. The van der Waals surface area contributed by atoms with Gasteiger partial charge in [-0.05, 0) is 25.0 Å². The SMILES string of the molecule is CNC(=O)CCCCC[C@H](NC(=O)CCN1CCOCC1)c1ncc(-c2cc3ccccc3nc2OC)[nH]1. The molecule has 3 heterocycles. The first-order valence-corrected chi connectivity index (χ1v) is 13.4. The summed E-state index contributed by atoms with van der Waals surface area (Å²) in [6.45, 7) is 3.83. The number of aromatic nitrogens is 3. The molecule has 10 nitrogen and oxygen atoms in total. The molecule has 0 bridgehead atoms. The van der Waals surface area contributed by atoms with E-state index < -0.39 is 0 Å². The van der Waals surface area contributed by atoms with Crippen LogP contribution in [0.2, 0.25) is 0 Å². The van der Waals surface area contributed by atoms with Crippen LogP contribution in [0, 0.1) is 0 Å². The molecule has 1 aliphatic heterocycles. The zero-order valence-corrected chi connectivity index (χ0v) is 22.3. The Morgan fingerprint density at radius 2 is 1.95 bits per heavy atom. The predicted molar refractivity (Wildman–Crippen MR) is 146 cm³/mol. The fourth-order valence-corrected chi connectivity index (χ4v) is 4.66. The van der Waals surface area contributed by atoms with E-state index in [4.69, 9.17) is 9.47 Å². The van der Waals surface area contributed by atoms with Crippen molar-refractivity contribution in [3.63, 3.8) is 0 Å². The molecule has 10 heteroatoms. The minimum absolute atomic E-state index is 0.00486. The molecule has 3 aromatic rings. The molecule has 3 N–H and O–H groups in total. The highest BCUT2D eigenvalue weighted by Gasteiger charge is 2.21. The third-order valence-corrected chi connectivity index (χ3v) is 6.87. The number of aromatic amines is 1. The van der Waals surface area contributed by atoms with Crippen LogP contribution in [0.1, 0.15) is 50.4 Å². The molecule has 1 saturated heterocycles. The topological polar surface area (TPSA) is 121 Å². The molecule has 0 radical (unpaired) electrons. The number of ether oxygens (including phenoxy) is 2. The second kappa shape index (κ2) is 13.9. The number of amides is 2. The molecule has 1 fully saturated rings. The maximum Gasteiger partial charge on any atom is 0.223 e. The number of fused-ring (bicyclic) bond motifs is 1. The molecule has 1 atom stereocenters. The van der Waals surface area contributed by atoms with Crippen molar-refractivity contribution in [1.82, 2.24) is 30.5 Å². The summed E-state index contributed by atoms with van der Waals surface area (Å²) in [5.41, 5.74) is 2.45. The van der Waals surface area contributed by atoms with Crippen molar-refractivity contribution >= 4 is 22.7 Å². The highest BCUT2D eigenvalue weighted by atomic mass is 16.5. The average molecular weight is 523 g/mol. The summed E-state index contributed by atoms with van der Waals surface area (Å²) in [4.78, 5) is 39.4. The molecule has 38 heavy (non-hydrogen) atoms. The Balaban J connectivity index is 1.46. The highest BCUT2D eigenvalue weighted by molar-refractivity contribution is 5.85. The minimum atomic E-state index is -0.264. The van der Waals surface area contributed by atoms with E-state index in [1.807, 2.05) is 30.3 Å². The summed E-state index contributed by atoms with van der Waals surface area (Å²) in [5, 5.41) is 6.85. The Labute approximate surface area is 223 Å². The number of nitrogens with zero attached hydrogens (tertiary/aromatic N) is 3. The Kier molecular flexibility index (Phi) is 10.1. The average Bonchev–Trinajstić information content (AvgIpc) is 3.45. The van der Waals surface area contributed by atoms with Crippen molar-refractivity contribution in [2.75, 3.05) is 47.0 Å². The number of carbonyl (C=O) groups is 2. The molecule has 0 spiro atoms. The van der Waals surface area contributed by atoms with Crippen molar-refractivity contribution in [2.45, 2.75) is 44.6 Å². The van der Waals surface area contributed by atoms with Gasteiger partial charge in [0, 0.05) is 44.9 Å². The van der Waals surface area contributed by atoms with E-state index in [0.717, 1.165) is 60.9 Å². The van der Waals surface area contributed by atoms with Gasteiger partial charge in [-0.15, -0.1) is 0 Å². The van der Waals surface area contributed by atoms with Gasteiger partial charge in [-0.1, -0.05) is 31.0 Å². The number of morpholine rings is 1. The zero-order chi connectivity index (χ0) is 26.7. The number of carbonyl (C=O) groups excluding carboxylic acids is 2. The van der Waals surface area contributed by atoms with Crippen LogP contribution < -0.4 is 15.4 Å². The lowest BCUT2D eigenvalue weighted by Gasteiger charge is -2.26. The normalized spacial score (nSPS) is 14.8. The van der Waals surface area contributed by atoms with Crippen molar-refractivity contribution in [2.24, 2.45) is 0 Å². The molecular weight excluding hydrogens is 484 g/mol. The molecule has 204 valence electrons. The van der Waals surface area contributed by atoms with Gasteiger partial charge < -0.3 is 25.1 Å². The van der Waals surface area contributed by atoms with Crippen LogP contribution in [0.4, 0.5) is 0 Å². The molecule has 0 saturated carbocycles. The van der Waals surface area contributed by atoms with Crippen LogP contribution in [-0.4, -0.2) is 78.7 Å². The number of hydrogen-bond donors (Lipinski definition) is 3. The van der Waals surface area contributed by atoms with Crippen molar-refractivity contribution in [3.8, 4) is 17.1 Å². The lowest BCUT2D eigenvalue weighted by Crippen LogP contribution is -2.39. The maximum absolute atomic E-state index is 12.9. The maximum atomic E-state index is 12.9. The van der Waals surface area contributed by atoms with Crippen LogP contribution in [0.5, 0.6) is 5.88 Å². The molecule has 2 amide bonds. The Bertz CT molecular complexity index is 1210. The second-order valence-corrected chi connectivity index (χ2v) is 9.52. The van der Waals surface area contributed by atoms with Crippen molar-refractivity contribution < 1.29 is 19.1 Å².